The van der Waals surface area contributed by atoms with Crippen LogP contribution in [0.15, 0.2) is 18.2 Å². The number of alkyl halides is 1. The zero-order valence-corrected chi connectivity index (χ0v) is 11.7. The summed E-state index contributed by atoms with van der Waals surface area (Å²) in [5.74, 6) is -0.0500. The van der Waals surface area contributed by atoms with E-state index in [1.54, 1.807) is 12.1 Å². The number of anilines is 1. The Bertz CT molecular complexity index is 499. The second kappa shape index (κ2) is 4.34. The molecule has 96 valence electrons. The Balaban J connectivity index is 1.92. The monoisotopic (exact) mass is 311 g/mol. The van der Waals surface area contributed by atoms with E-state index < -0.39 is 0 Å². The minimum absolute atomic E-state index is 0.168. The van der Waals surface area contributed by atoms with Gasteiger partial charge in [-0.05, 0) is 48.4 Å². The van der Waals surface area contributed by atoms with Gasteiger partial charge in [0.2, 0.25) is 5.91 Å². The van der Waals surface area contributed by atoms with Crippen LogP contribution in [0, 0.1) is 11.2 Å². The standard InChI is InChI=1S/C14H15BrFNO/c15-8-14(5-6-14)9-17-12-3-2-11(16)7-10(12)1-4-13(17)18/h2-3,7H,1,4-6,8-9H2. The molecule has 1 amide bonds. The van der Waals surface area contributed by atoms with Crippen molar-refractivity contribution in [3.8, 4) is 0 Å². The Kier molecular flexibility index (Phi) is 2.93. The van der Waals surface area contributed by atoms with E-state index in [-0.39, 0.29) is 17.1 Å². The number of nitrogens with zero attached hydrogens (tertiary/aromatic N) is 1. The molecule has 0 N–H and O–H groups in total. The van der Waals surface area contributed by atoms with Crippen molar-refractivity contribution in [2.45, 2.75) is 25.7 Å². The number of halogens is 2. The number of amides is 1. The van der Waals surface area contributed by atoms with Crippen LogP contribution in [-0.4, -0.2) is 17.8 Å². The van der Waals surface area contributed by atoms with E-state index in [2.05, 4.69) is 15.9 Å². The first kappa shape index (κ1) is 12.2. The second-order valence-electron chi connectivity index (χ2n) is 5.39. The molecule has 1 fully saturated rings. The first-order valence-corrected chi connectivity index (χ1v) is 7.40. The summed E-state index contributed by atoms with van der Waals surface area (Å²) in [4.78, 5) is 13.9. The van der Waals surface area contributed by atoms with E-state index in [1.807, 2.05) is 4.90 Å². The highest BCUT2D eigenvalue weighted by atomic mass is 79.9. The molecule has 0 unspecified atom stereocenters. The van der Waals surface area contributed by atoms with Crippen molar-refractivity contribution in [2.24, 2.45) is 5.41 Å². The van der Waals surface area contributed by atoms with Gasteiger partial charge in [-0.3, -0.25) is 4.79 Å². The lowest BCUT2D eigenvalue weighted by atomic mass is 9.99. The molecule has 2 nitrogen and oxygen atoms in total. The van der Waals surface area contributed by atoms with Crippen molar-refractivity contribution < 1.29 is 9.18 Å². The third-order valence-electron chi connectivity index (χ3n) is 3.98. The third-order valence-corrected chi connectivity index (χ3v) is 5.17. The summed E-state index contributed by atoms with van der Waals surface area (Å²) in [5.41, 5.74) is 2.11. The predicted molar refractivity (Wildman–Crippen MR) is 72.5 cm³/mol. The molecule has 1 saturated carbocycles. The van der Waals surface area contributed by atoms with Crippen LogP contribution in [0.2, 0.25) is 0 Å². The Morgan fingerprint density at radius 3 is 2.78 bits per heavy atom. The molecule has 1 aromatic carbocycles. The maximum absolute atomic E-state index is 13.2. The average Bonchev–Trinajstić information content (AvgIpc) is 3.13. The van der Waals surface area contributed by atoms with Gasteiger partial charge >= 0.3 is 0 Å². The highest BCUT2D eigenvalue weighted by Gasteiger charge is 2.44. The summed E-state index contributed by atoms with van der Waals surface area (Å²) in [6.07, 6.45) is 3.48. The van der Waals surface area contributed by atoms with Crippen molar-refractivity contribution in [3.05, 3.63) is 29.6 Å². The molecule has 18 heavy (non-hydrogen) atoms. The van der Waals surface area contributed by atoms with Crippen LogP contribution in [0.3, 0.4) is 0 Å². The normalized spacial score (nSPS) is 20.8. The minimum atomic E-state index is -0.218. The van der Waals surface area contributed by atoms with Gasteiger partial charge in [0.15, 0.2) is 0 Å². The first-order valence-electron chi connectivity index (χ1n) is 6.28. The fraction of sp³-hybridized carbons (Fsp3) is 0.500. The molecule has 2 aliphatic rings. The van der Waals surface area contributed by atoms with E-state index in [4.69, 9.17) is 0 Å². The topological polar surface area (TPSA) is 20.3 Å². The van der Waals surface area contributed by atoms with Gasteiger partial charge in [-0.15, -0.1) is 0 Å². The van der Waals surface area contributed by atoms with Crippen LogP contribution < -0.4 is 4.90 Å². The number of carbonyl (C=O) groups is 1. The third kappa shape index (κ3) is 2.07. The van der Waals surface area contributed by atoms with Gasteiger partial charge < -0.3 is 4.90 Å². The molecule has 0 atom stereocenters. The quantitative estimate of drug-likeness (QED) is 0.785. The van der Waals surface area contributed by atoms with Crippen LogP contribution in [-0.2, 0) is 11.2 Å². The highest BCUT2D eigenvalue weighted by Crippen LogP contribution is 2.48. The molecule has 0 radical (unpaired) electrons. The number of aryl methyl sites for hydroxylation is 1. The molecule has 1 aromatic rings. The number of hydrogen-bond acceptors (Lipinski definition) is 1. The van der Waals surface area contributed by atoms with Crippen molar-refractivity contribution in [2.75, 3.05) is 16.8 Å². The van der Waals surface area contributed by atoms with E-state index >= 15 is 0 Å². The van der Waals surface area contributed by atoms with E-state index in [0.717, 1.165) is 23.1 Å². The summed E-state index contributed by atoms with van der Waals surface area (Å²) >= 11 is 3.53. The average molecular weight is 312 g/mol. The molecule has 0 bridgehead atoms. The molecule has 1 aliphatic carbocycles. The zero-order chi connectivity index (χ0) is 12.8. The number of benzene rings is 1. The zero-order valence-electron chi connectivity index (χ0n) is 10.1. The van der Waals surface area contributed by atoms with Crippen molar-refractivity contribution >= 4 is 27.5 Å². The van der Waals surface area contributed by atoms with Gasteiger partial charge in [-0.2, -0.15) is 0 Å². The molecule has 0 saturated heterocycles. The lowest BCUT2D eigenvalue weighted by Crippen LogP contribution is -2.39. The number of carbonyl (C=O) groups excluding carboxylic acids is 1. The summed E-state index contributed by atoms with van der Waals surface area (Å²) < 4.78 is 13.2. The minimum Gasteiger partial charge on any atom is -0.312 e. The van der Waals surface area contributed by atoms with Gasteiger partial charge in [0.05, 0.1) is 0 Å². The van der Waals surface area contributed by atoms with Crippen LogP contribution in [0.4, 0.5) is 10.1 Å². The van der Waals surface area contributed by atoms with Crippen molar-refractivity contribution in [3.63, 3.8) is 0 Å². The SMILES string of the molecule is O=C1CCc2cc(F)ccc2N1CC1(CBr)CC1. The predicted octanol–water partition coefficient (Wildman–Crippen LogP) is 3.28. The summed E-state index contributed by atoms with van der Waals surface area (Å²) in [7, 11) is 0. The van der Waals surface area contributed by atoms with E-state index in [1.165, 1.54) is 18.9 Å². The Morgan fingerprint density at radius 2 is 2.11 bits per heavy atom. The van der Waals surface area contributed by atoms with Gasteiger partial charge in [-0.25, -0.2) is 4.39 Å². The maximum Gasteiger partial charge on any atom is 0.227 e. The lowest BCUT2D eigenvalue weighted by Gasteiger charge is -2.32. The van der Waals surface area contributed by atoms with Crippen LogP contribution in [0.1, 0.15) is 24.8 Å². The lowest BCUT2D eigenvalue weighted by molar-refractivity contribution is -0.119. The second-order valence-corrected chi connectivity index (χ2v) is 5.95. The molecular weight excluding hydrogens is 297 g/mol. The number of hydrogen-bond donors (Lipinski definition) is 0. The van der Waals surface area contributed by atoms with Crippen molar-refractivity contribution in [1.82, 2.24) is 0 Å². The summed E-state index contributed by atoms with van der Waals surface area (Å²) in [5, 5.41) is 0.931. The van der Waals surface area contributed by atoms with E-state index in [0.29, 0.717) is 12.8 Å². The van der Waals surface area contributed by atoms with Crippen molar-refractivity contribution in [1.29, 1.82) is 0 Å². The maximum atomic E-state index is 13.2. The van der Waals surface area contributed by atoms with Crippen LogP contribution in [0.5, 0.6) is 0 Å². The fourth-order valence-corrected chi connectivity index (χ4v) is 3.29. The molecule has 3 rings (SSSR count). The molecule has 0 aromatic heterocycles. The molecule has 4 heteroatoms. The largest absolute Gasteiger partial charge is 0.312 e. The van der Waals surface area contributed by atoms with Gasteiger partial charge in [-0.1, -0.05) is 15.9 Å². The number of rotatable bonds is 3. The molecule has 1 aliphatic heterocycles. The fourth-order valence-electron chi connectivity index (χ4n) is 2.55. The molecule has 0 spiro atoms. The highest BCUT2D eigenvalue weighted by molar-refractivity contribution is 9.09. The molecule has 1 heterocycles. The smallest absolute Gasteiger partial charge is 0.227 e. The summed E-state index contributed by atoms with van der Waals surface area (Å²) in [6, 6.07) is 4.74. The summed E-state index contributed by atoms with van der Waals surface area (Å²) in [6.45, 7) is 0.760. The Labute approximate surface area is 114 Å². The van der Waals surface area contributed by atoms with Crippen LogP contribution >= 0.6 is 15.9 Å². The Hall–Kier alpha value is -0.900. The van der Waals surface area contributed by atoms with Crippen LogP contribution in [0.25, 0.3) is 0 Å². The van der Waals surface area contributed by atoms with Gasteiger partial charge in [0.25, 0.3) is 0 Å². The Morgan fingerprint density at radius 1 is 1.33 bits per heavy atom. The van der Waals surface area contributed by atoms with Gasteiger partial charge in [0, 0.05) is 24.0 Å². The first-order chi connectivity index (χ1) is 8.63. The number of fused-ring (bicyclic) bond motifs is 1. The van der Waals surface area contributed by atoms with Gasteiger partial charge in [0.1, 0.15) is 5.82 Å². The van der Waals surface area contributed by atoms with E-state index in [9.17, 15) is 9.18 Å². The molecular formula is C14H15BrFNO.